The Morgan fingerprint density at radius 1 is 1.09 bits per heavy atom. The Balaban J connectivity index is 1.77. The van der Waals surface area contributed by atoms with Crippen LogP contribution in [0.25, 0.3) is 22.4 Å². The first-order valence-corrected chi connectivity index (χ1v) is 11.0. The van der Waals surface area contributed by atoms with E-state index in [2.05, 4.69) is 34.5 Å². The van der Waals surface area contributed by atoms with Crippen LogP contribution in [-0.4, -0.2) is 22.0 Å². The van der Waals surface area contributed by atoms with Crippen molar-refractivity contribution in [3.05, 3.63) is 126 Å². The summed E-state index contributed by atoms with van der Waals surface area (Å²) in [5.74, 6) is -0.268. The fraction of sp³-hybridized carbons (Fsp3) is 0.103. The maximum absolute atomic E-state index is 13.5. The maximum Gasteiger partial charge on any atom is 0.123 e. The number of aromatic amines is 1. The van der Waals surface area contributed by atoms with Crippen LogP contribution in [0, 0.1) is 19.7 Å². The highest BCUT2D eigenvalue weighted by molar-refractivity contribution is 5.87. The van der Waals surface area contributed by atoms with Gasteiger partial charge in [-0.2, -0.15) is 0 Å². The van der Waals surface area contributed by atoms with Crippen molar-refractivity contribution in [3.8, 4) is 11.3 Å². The van der Waals surface area contributed by atoms with E-state index in [0.717, 1.165) is 61.9 Å². The van der Waals surface area contributed by atoms with Gasteiger partial charge in [-0.3, -0.25) is 4.98 Å². The van der Waals surface area contributed by atoms with E-state index in [-0.39, 0.29) is 5.82 Å². The zero-order chi connectivity index (χ0) is 24.2. The van der Waals surface area contributed by atoms with Crippen LogP contribution >= 0.6 is 0 Å². The molecule has 0 aliphatic carbocycles. The third kappa shape index (κ3) is 4.46. The Labute approximate surface area is 199 Å². The number of hydrogen-bond acceptors (Lipinski definition) is 3. The third-order valence-corrected chi connectivity index (χ3v) is 5.84. The lowest BCUT2D eigenvalue weighted by atomic mass is 9.97. The van der Waals surface area contributed by atoms with E-state index >= 15 is 0 Å². The number of allylic oxidation sites excluding steroid dienone is 2. The van der Waals surface area contributed by atoms with Gasteiger partial charge in [0, 0.05) is 47.5 Å². The van der Waals surface area contributed by atoms with Crippen LogP contribution in [0.2, 0.25) is 0 Å². The summed E-state index contributed by atoms with van der Waals surface area (Å²) in [5, 5.41) is 3.22. The number of benzene rings is 1. The van der Waals surface area contributed by atoms with Crippen molar-refractivity contribution in [2.45, 2.75) is 13.8 Å². The molecule has 34 heavy (non-hydrogen) atoms. The summed E-state index contributed by atoms with van der Waals surface area (Å²) >= 11 is 0. The zero-order valence-electron chi connectivity index (χ0n) is 19.6. The molecule has 0 atom stereocenters. The molecule has 4 aromatic rings. The lowest BCUT2D eigenvalue weighted by Crippen LogP contribution is -2.01. The van der Waals surface area contributed by atoms with Crippen LogP contribution in [0.5, 0.6) is 0 Å². The standard InChI is InChI=1S/C29H27FN4/c1-6-7-23(21-8-10-22(30)11-9-21)24-16-28(33-20(24)4)19(3)29-27(31-5)13-12-26(34-29)25-17-32-15-14-18(25)2/h6-17,31,33H,1,3H2,2,4-5H3/b23-7-. The quantitative estimate of drug-likeness (QED) is 0.300. The van der Waals surface area contributed by atoms with E-state index in [4.69, 9.17) is 4.98 Å². The summed E-state index contributed by atoms with van der Waals surface area (Å²) in [4.78, 5) is 12.7. The second-order valence-corrected chi connectivity index (χ2v) is 8.06. The van der Waals surface area contributed by atoms with Gasteiger partial charge in [-0.25, -0.2) is 9.37 Å². The molecule has 0 bridgehead atoms. The van der Waals surface area contributed by atoms with Gasteiger partial charge in [0.15, 0.2) is 0 Å². The van der Waals surface area contributed by atoms with Crippen LogP contribution in [0.3, 0.4) is 0 Å². The van der Waals surface area contributed by atoms with Crippen LogP contribution in [0.1, 0.15) is 33.8 Å². The summed E-state index contributed by atoms with van der Waals surface area (Å²) in [6.45, 7) is 12.3. The van der Waals surface area contributed by atoms with Gasteiger partial charge in [0.2, 0.25) is 0 Å². The number of nitrogens with zero attached hydrogens (tertiary/aromatic N) is 2. The Morgan fingerprint density at radius 3 is 2.53 bits per heavy atom. The smallest absolute Gasteiger partial charge is 0.123 e. The SMILES string of the molecule is C=C/C=C(/c1ccc(F)cc1)c1cc(C(=C)c2nc(-c3cnccc3C)ccc2NC)[nH]c1C. The molecule has 4 nitrogen and oxygen atoms in total. The number of aromatic nitrogens is 3. The van der Waals surface area contributed by atoms with Gasteiger partial charge >= 0.3 is 0 Å². The Morgan fingerprint density at radius 2 is 1.85 bits per heavy atom. The fourth-order valence-corrected chi connectivity index (χ4v) is 3.99. The van der Waals surface area contributed by atoms with Crippen molar-refractivity contribution in [2.24, 2.45) is 0 Å². The first kappa shape index (κ1) is 22.9. The minimum absolute atomic E-state index is 0.268. The van der Waals surface area contributed by atoms with Crippen LogP contribution in [-0.2, 0) is 0 Å². The summed E-state index contributed by atoms with van der Waals surface area (Å²) < 4.78 is 13.5. The number of halogens is 1. The molecule has 0 aliphatic rings. The first-order valence-electron chi connectivity index (χ1n) is 11.0. The topological polar surface area (TPSA) is 53.6 Å². The van der Waals surface area contributed by atoms with Crippen molar-refractivity contribution in [2.75, 3.05) is 12.4 Å². The molecule has 0 fully saturated rings. The molecule has 4 rings (SSSR count). The van der Waals surface area contributed by atoms with Crippen LogP contribution in [0.15, 0.2) is 86.2 Å². The second kappa shape index (κ2) is 9.71. The van der Waals surface area contributed by atoms with Crippen LogP contribution in [0.4, 0.5) is 10.1 Å². The molecule has 1 aromatic carbocycles. The molecule has 3 heterocycles. The summed E-state index contributed by atoms with van der Waals surface area (Å²) in [5.41, 5.74) is 10.00. The van der Waals surface area contributed by atoms with Gasteiger partial charge in [0.1, 0.15) is 5.82 Å². The van der Waals surface area contributed by atoms with E-state index in [1.165, 1.54) is 12.1 Å². The van der Waals surface area contributed by atoms with Crippen LogP contribution < -0.4 is 5.32 Å². The van der Waals surface area contributed by atoms with Gasteiger partial charge in [-0.15, -0.1) is 0 Å². The number of aryl methyl sites for hydroxylation is 2. The minimum Gasteiger partial charge on any atom is -0.386 e. The fourth-order valence-electron chi connectivity index (χ4n) is 3.99. The normalized spacial score (nSPS) is 11.4. The van der Waals surface area contributed by atoms with Crippen molar-refractivity contribution in [1.29, 1.82) is 0 Å². The van der Waals surface area contributed by atoms with E-state index in [9.17, 15) is 4.39 Å². The Bertz CT molecular complexity index is 1390. The molecule has 0 unspecified atom stereocenters. The molecule has 2 N–H and O–H groups in total. The van der Waals surface area contributed by atoms with E-state index in [1.807, 2.05) is 51.4 Å². The average molecular weight is 451 g/mol. The predicted molar refractivity (Wildman–Crippen MR) is 139 cm³/mol. The predicted octanol–water partition coefficient (Wildman–Crippen LogP) is 6.95. The maximum atomic E-state index is 13.5. The molecule has 170 valence electrons. The average Bonchev–Trinajstić information content (AvgIpc) is 3.24. The summed E-state index contributed by atoms with van der Waals surface area (Å²) in [6.07, 6.45) is 7.27. The number of anilines is 1. The number of nitrogens with one attached hydrogen (secondary N) is 2. The number of rotatable bonds is 7. The van der Waals surface area contributed by atoms with Crippen molar-refractivity contribution >= 4 is 16.8 Å². The minimum atomic E-state index is -0.268. The van der Waals surface area contributed by atoms with Crippen molar-refractivity contribution in [3.63, 3.8) is 0 Å². The number of pyridine rings is 2. The molecule has 3 aromatic heterocycles. The molecule has 0 aliphatic heterocycles. The monoisotopic (exact) mass is 450 g/mol. The van der Waals surface area contributed by atoms with Gasteiger partial charge in [-0.05, 0) is 66.9 Å². The van der Waals surface area contributed by atoms with Crippen molar-refractivity contribution in [1.82, 2.24) is 15.0 Å². The summed E-state index contributed by atoms with van der Waals surface area (Å²) in [7, 11) is 1.87. The van der Waals surface area contributed by atoms with Gasteiger partial charge in [-0.1, -0.05) is 37.4 Å². The first-order chi connectivity index (χ1) is 16.4. The molecule has 5 heteroatoms. The summed E-state index contributed by atoms with van der Waals surface area (Å²) in [6, 6.07) is 14.5. The highest BCUT2D eigenvalue weighted by atomic mass is 19.1. The molecular weight excluding hydrogens is 423 g/mol. The number of hydrogen-bond donors (Lipinski definition) is 2. The largest absolute Gasteiger partial charge is 0.386 e. The molecule has 0 radical (unpaired) electrons. The molecule has 0 saturated heterocycles. The molecular formula is C29H27FN4. The van der Waals surface area contributed by atoms with E-state index in [1.54, 1.807) is 24.4 Å². The third-order valence-electron chi connectivity index (χ3n) is 5.84. The highest BCUT2D eigenvalue weighted by Gasteiger charge is 2.17. The Kier molecular flexibility index (Phi) is 6.55. The molecule has 0 spiro atoms. The van der Waals surface area contributed by atoms with Crippen molar-refractivity contribution < 1.29 is 4.39 Å². The second-order valence-electron chi connectivity index (χ2n) is 8.06. The van der Waals surface area contributed by atoms with Gasteiger partial charge < -0.3 is 10.3 Å². The van der Waals surface area contributed by atoms with E-state index < -0.39 is 0 Å². The Hall–Kier alpha value is -4.25. The lowest BCUT2D eigenvalue weighted by Gasteiger charge is -2.13. The molecule has 0 amide bonds. The zero-order valence-corrected chi connectivity index (χ0v) is 19.6. The number of H-pyrrole nitrogens is 1. The van der Waals surface area contributed by atoms with Gasteiger partial charge in [0.05, 0.1) is 17.1 Å². The lowest BCUT2D eigenvalue weighted by molar-refractivity contribution is 0.627. The highest BCUT2D eigenvalue weighted by Crippen LogP contribution is 2.34. The van der Waals surface area contributed by atoms with E-state index in [0.29, 0.717) is 0 Å². The molecule has 0 saturated carbocycles. The van der Waals surface area contributed by atoms with Gasteiger partial charge in [0.25, 0.3) is 0 Å².